The Balaban J connectivity index is 2.42. The van der Waals surface area contributed by atoms with Crippen molar-refractivity contribution in [2.75, 3.05) is 0 Å². The SMILES string of the molecule is CC(C)C[C@@H]1CCC(=O)[C@@H]1C. The summed E-state index contributed by atoms with van der Waals surface area (Å²) in [5, 5.41) is 0. The fraction of sp³-hybridized carbons (Fsp3) is 0.900. The smallest absolute Gasteiger partial charge is 0.135 e. The highest BCUT2D eigenvalue weighted by molar-refractivity contribution is 5.82. The molecule has 1 aliphatic rings. The quantitative estimate of drug-likeness (QED) is 0.597. The van der Waals surface area contributed by atoms with Crippen LogP contribution in [0.1, 0.15) is 40.0 Å². The summed E-state index contributed by atoms with van der Waals surface area (Å²) in [5.74, 6) is 2.25. The summed E-state index contributed by atoms with van der Waals surface area (Å²) in [6.45, 7) is 6.55. The van der Waals surface area contributed by atoms with E-state index < -0.39 is 0 Å². The van der Waals surface area contributed by atoms with Gasteiger partial charge in [0.05, 0.1) is 0 Å². The maximum atomic E-state index is 11.2. The highest BCUT2D eigenvalue weighted by atomic mass is 16.1. The summed E-state index contributed by atoms with van der Waals surface area (Å²) in [6, 6.07) is 0. The highest BCUT2D eigenvalue weighted by Gasteiger charge is 2.30. The van der Waals surface area contributed by atoms with Gasteiger partial charge in [0.15, 0.2) is 0 Å². The Bertz CT molecular complexity index is 149. The van der Waals surface area contributed by atoms with Gasteiger partial charge in [-0.05, 0) is 24.7 Å². The zero-order valence-corrected chi connectivity index (χ0v) is 7.76. The van der Waals surface area contributed by atoms with Crippen LogP contribution in [0.3, 0.4) is 0 Å². The van der Waals surface area contributed by atoms with Gasteiger partial charge >= 0.3 is 0 Å². The van der Waals surface area contributed by atoms with E-state index in [9.17, 15) is 4.79 Å². The van der Waals surface area contributed by atoms with Crippen molar-refractivity contribution >= 4 is 5.78 Å². The Morgan fingerprint density at radius 2 is 2.18 bits per heavy atom. The molecular formula is C10H18O. The molecule has 0 aromatic carbocycles. The summed E-state index contributed by atoms with van der Waals surface area (Å²) in [4.78, 5) is 11.2. The molecule has 0 aromatic heterocycles. The molecule has 0 radical (unpaired) electrons. The van der Waals surface area contributed by atoms with Crippen molar-refractivity contribution < 1.29 is 4.79 Å². The first-order valence-electron chi connectivity index (χ1n) is 4.64. The summed E-state index contributed by atoms with van der Waals surface area (Å²) in [5.41, 5.74) is 0. The molecule has 0 spiro atoms. The molecule has 0 heterocycles. The van der Waals surface area contributed by atoms with Crippen molar-refractivity contribution in [3.63, 3.8) is 0 Å². The minimum atomic E-state index is 0.345. The van der Waals surface area contributed by atoms with Crippen LogP contribution in [0.2, 0.25) is 0 Å². The molecule has 1 heteroatoms. The summed E-state index contributed by atoms with van der Waals surface area (Å²) < 4.78 is 0. The lowest BCUT2D eigenvalue weighted by Gasteiger charge is -2.15. The number of hydrogen-bond acceptors (Lipinski definition) is 1. The van der Waals surface area contributed by atoms with Crippen LogP contribution in [-0.2, 0) is 4.79 Å². The van der Waals surface area contributed by atoms with Crippen LogP contribution in [0.5, 0.6) is 0 Å². The van der Waals surface area contributed by atoms with Gasteiger partial charge in [0, 0.05) is 12.3 Å². The number of rotatable bonds is 2. The average molecular weight is 154 g/mol. The summed E-state index contributed by atoms with van der Waals surface area (Å²) >= 11 is 0. The van der Waals surface area contributed by atoms with Gasteiger partial charge in [0.25, 0.3) is 0 Å². The lowest BCUT2D eigenvalue weighted by Crippen LogP contribution is -2.12. The zero-order chi connectivity index (χ0) is 8.43. The molecule has 1 aliphatic carbocycles. The second-order valence-electron chi connectivity index (χ2n) is 4.18. The fourth-order valence-electron chi connectivity index (χ4n) is 2.00. The van der Waals surface area contributed by atoms with E-state index >= 15 is 0 Å². The third-order valence-electron chi connectivity index (χ3n) is 2.75. The Labute approximate surface area is 69.2 Å². The molecule has 0 amide bonds. The first kappa shape index (κ1) is 8.76. The minimum absolute atomic E-state index is 0.345. The molecule has 0 aliphatic heterocycles. The maximum Gasteiger partial charge on any atom is 0.135 e. The number of hydrogen-bond donors (Lipinski definition) is 0. The zero-order valence-electron chi connectivity index (χ0n) is 7.76. The van der Waals surface area contributed by atoms with E-state index in [1.54, 1.807) is 0 Å². The molecule has 1 fully saturated rings. The molecule has 0 saturated heterocycles. The van der Waals surface area contributed by atoms with E-state index in [1.807, 2.05) is 0 Å². The predicted molar refractivity (Wildman–Crippen MR) is 46.4 cm³/mol. The number of carbonyl (C=O) groups excluding carboxylic acids is 1. The van der Waals surface area contributed by atoms with Crippen LogP contribution in [0.25, 0.3) is 0 Å². The number of ketones is 1. The van der Waals surface area contributed by atoms with Gasteiger partial charge in [-0.3, -0.25) is 4.79 Å². The molecular weight excluding hydrogens is 136 g/mol. The lowest BCUT2D eigenvalue weighted by atomic mass is 9.89. The van der Waals surface area contributed by atoms with Gasteiger partial charge in [-0.25, -0.2) is 0 Å². The normalized spacial score (nSPS) is 31.8. The highest BCUT2D eigenvalue weighted by Crippen LogP contribution is 2.32. The summed E-state index contributed by atoms with van der Waals surface area (Å²) in [7, 11) is 0. The van der Waals surface area contributed by atoms with Gasteiger partial charge in [-0.15, -0.1) is 0 Å². The molecule has 1 saturated carbocycles. The van der Waals surface area contributed by atoms with Crippen molar-refractivity contribution in [2.45, 2.75) is 40.0 Å². The van der Waals surface area contributed by atoms with Crippen molar-refractivity contribution in [1.29, 1.82) is 0 Å². The van der Waals surface area contributed by atoms with Crippen LogP contribution in [-0.4, -0.2) is 5.78 Å². The first-order chi connectivity index (χ1) is 5.11. The largest absolute Gasteiger partial charge is 0.299 e. The minimum Gasteiger partial charge on any atom is -0.299 e. The van der Waals surface area contributed by atoms with E-state index in [4.69, 9.17) is 0 Å². The molecule has 0 unspecified atom stereocenters. The fourth-order valence-corrected chi connectivity index (χ4v) is 2.00. The van der Waals surface area contributed by atoms with Gasteiger partial charge in [-0.2, -0.15) is 0 Å². The molecule has 0 aromatic rings. The topological polar surface area (TPSA) is 17.1 Å². The molecule has 64 valence electrons. The molecule has 1 rings (SSSR count). The van der Waals surface area contributed by atoms with Crippen LogP contribution in [0, 0.1) is 17.8 Å². The second kappa shape index (κ2) is 3.38. The van der Waals surface area contributed by atoms with Crippen LogP contribution < -0.4 is 0 Å². The van der Waals surface area contributed by atoms with Crippen molar-refractivity contribution in [3.8, 4) is 0 Å². The standard InChI is InChI=1S/C10H18O/c1-7(2)6-9-4-5-10(11)8(9)3/h7-9H,4-6H2,1-3H3/t8-,9+/m1/s1. The van der Waals surface area contributed by atoms with E-state index in [1.165, 1.54) is 6.42 Å². The second-order valence-corrected chi connectivity index (χ2v) is 4.18. The van der Waals surface area contributed by atoms with Gasteiger partial charge in [-0.1, -0.05) is 20.8 Å². The Morgan fingerprint density at radius 1 is 1.55 bits per heavy atom. The summed E-state index contributed by atoms with van der Waals surface area (Å²) in [6.07, 6.45) is 3.20. The third kappa shape index (κ3) is 2.05. The molecule has 2 atom stereocenters. The van der Waals surface area contributed by atoms with Crippen molar-refractivity contribution in [1.82, 2.24) is 0 Å². The predicted octanol–water partition coefficient (Wildman–Crippen LogP) is 2.65. The number of Topliss-reactive ketones (excluding diaryl/α,β-unsaturated/α-hetero) is 1. The van der Waals surface area contributed by atoms with E-state index in [0.29, 0.717) is 17.6 Å². The molecule has 1 nitrogen and oxygen atoms in total. The maximum absolute atomic E-state index is 11.2. The van der Waals surface area contributed by atoms with Crippen LogP contribution in [0.15, 0.2) is 0 Å². The molecule has 0 N–H and O–H groups in total. The van der Waals surface area contributed by atoms with Gasteiger partial charge < -0.3 is 0 Å². The molecule has 11 heavy (non-hydrogen) atoms. The van der Waals surface area contributed by atoms with E-state index in [0.717, 1.165) is 18.8 Å². The average Bonchev–Trinajstić information content (AvgIpc) is 2.18. The monoisotopic (exact) mass is 154 g/mol. The first-order valence-corrected chi connectivity index (χ1v) is 4.64. The van der Waals surface area contributed by atoms with E-state index in [-0.39, 0.29) is 0 Å². The van der Waals surface area contributed by atoms with Crippen LogP contribution >= 0.6 is 0 Å². The van der Waals surface area contributed by atoms with Crippen LogP contribution in [0.4, 0.5) is 0 Å². The van der Waals surface area contributed by atoms with Gasteiger partial charge in [0.2, 0.25) is 0 Å². The van der Waals surface area contributed by atoms with Gasteiger partial charge in [0.1, 0.15) is 5.78 Å². The Morgan fingerprint density at radius 3 is 2.55 bits per heavy atom. The van der Waals surface area contributed by atoms with Crippen molar-refractivity contribution in [3.05, 3.63) is 0 Å². The Hall–Kier alpha value is -0.330. The third-order valence-corrected chi connectivity index (χ3v) is 2.75. The lowest BCUT2D eigenvalue weighted by molar-refractivity contribution is -0.120. The molecule has 0 bridgehead atoms. The Kier molecular flexibility index (Phi) is 2.69. The number of carbonyl (C=O) groups is 1. The van der Waals surface area contributed by atoms with Crippen molar-refractivity contribution in [2.24, 2.45) is 17.8 Å². The van der Waals surface area contributed by atoms with E-state index in [2.05, 4.69) is 20.8 Å².